The molecule has 0 saturated carbocycles. The maximum absolute atomic E-state index is 2.46. The summed E-state index contributed by atoms with van der Waals surface area (Å²) in [5.74, 6) is 0. The van der Waals surface area contributed by atoms with E-state index in [1.165, 1.54) is 87.6 Å². The van der Waals surface area contributed by atoms with E-state index in [1.54, 1.807) is 0 Å². The molecule has 1 aliphatic carbocycles. The number of benzene rings is 8. The maximum Gasteiger partial charge on any atom is 0.0159 e. The Labute approximate surface area is 277 Å². The van der Waals surface area contributed by atoms with Gasteiger partial charge in [-0.3, -0.25) is 0 Å². The molecule has 0 fully saturated rings. The lowest BCUT2D eigenvalue weighted by Gasteiger charge is -2.22. The van der Waals surface area contributed by atoms with Crippen LogP contribution in [0.5, 0.6) is 0 Å². The Morgan fingerprint density at radius 2 is 0.894 bits per heavy atom. The molecule has 0 saturated heterocycles. The van der Waals surface area contributed by atoms with Crippen LogP contribution in [0.1, 0.15) is 38.8 Å². The van der Waals surface area contributed by atoms with E-state index in [2.05, 4.69) is 159 Å². The highest BCUT2D eigenvalue weighted by Gasteiger charge is 2.36. The van der Waals surface area contributed by atoms with E-state index in [0.717, 1.165) is 0 Å². The number of hydrogen-bond donors (Lipinski definition) is 0. The maximum atomic E-state index is 2.46. The van der Waals surface area contributed by atoms with Crippen LogP contribution >= 0.6 is 0 Å². The average Bonchev–Trinajstić information content (AvgIpc) is 3.34. The number of allylic oxidation sites excluding steroid dienone is 2. The summed E-state index contributed by atoms with van der Waals surface area (Å²) >= 11 is 0. The van der Waals surface area contributed by atoms with Crippen molar-refractivity contribution in [1.29, 1.82) is 0 Å². The average molecular weight is 603 g/mol. The zero-order valence-corrected chi connectivity index (χ0v) is 27.5. The smallest absolute Gasteiger partial charge is 0.0159 e. The third kappa shape index (κ3) is 4.59. The van der Waals surface area contributed by atoms with Gasteiger partial charge in [0.25, 0.3) is 0 Å². The van der Waals surface area contributed by atoms with Gasteiger partial charge in [-0.25, -0.2) is 0 Å². The van der Waals surface area contributed by atoms with Crippen molar-refractivity contribution in [2.75, 3.05) is 0 Å². The van der Waals surface area contributed by atoms with Crippen molar-refractivity contribution in [3.05, 3.63) is 169 Å². The Morgan fingerprint density at radius 1 is 0.383 bits per heavy atom. The van der Waals surface area contributed by atoms with E-state index in [9.17, 15) is 0 Å². The molecule has 0 N–H and O–H groups in total. The quantitative estimate of drug-likeness (QED) is 0.105. The van der Waals surface area contributed by atoms with Gasteiger partial charge < -0.3 is 0 Å². The Morgan fingerprint density at radius 3 is 1.51 bits per heavy atom. The Kier molecular flexibility index (Phi) is 7.03. The van der Waals surface area contributed by atoms with Crippen LogP contribution in [0.15, 0.2) is 158 Å². The molecule has 0 spiro atoms. The highest BCUT2D eigenvalue weighted by molar-refractivity contribution is 6.21. The molecule has 0 aromatic heterocycles. The van der Waals surface area contributed by atoms with Gasteiger partial charge in [-0.2, -0.15) is 0 Å². The van der Waals surface area contributed by atoms with Crippen molar-refractivity contribution in [3.8, 4) is 33.4 Å². The first-order valence-electron chi connectivity index (χ1n) is 16.7. The molecule has 0 nitrogen and oxygen atoms in total. The lowest BCUT2D eigenvalue weighted by Crippen LogP contribution is -2.14. The van der Waals surface area contributed by atoms with E-state index < -0.39 is 0 Å². The van der Waals surface area contributed by atoms with Crippen LogP contribution in [0.4, 0.5) is 0 Å². The van der Waals surface area contributed by atoms with E-state index >= 15 is 0 Å². The first-order valence-corrected chi connectivity index (χ1v) is 16.7. The monoisotopic (exact) mass is 602 g/mol. The van der Waals surface area contributed by atoms with Gasteiger partial charge in [-0.05, 0) is 120 Å². The first kappa shape index (κ1) is 29.0. The third-order valence-electron chi connectivity index (χ3n) is 10.2. The molecule has 0 heterocycles. The van der Waals surface area contributed by atoms with Gasteiger partial charge in [-0.15, -0.1) is 0 Å². The molecule has 0 amide bonds. The highest BCUT2D eigenvalue weighted by atomic mass is 14.4. The molecular weight excluding hydrogens is 565 g/mol. The van der Waals surface area contributed by atoms with Crippen LogP contribution in [0.25, 0.3) is 76.5 Å². The predicted molar refractivity (Wildman–Crippen MR) is 205 cm³/mol. The van der Waals surface area contributed by atoms with Gasteiger partial charge in [0, 0.05) is 5.41 Å². The minimum Gasteiger partial charge on any atom is -0.0919 e. The molecule has 0 radical (unpaired) electrons. The number of fused-ring (bicyclic) bond motifs is 8. The molecule has 226 valence electrons. The summed E-state index contributed by atoms with van der Waals surface area (Å²) in [7, 11) is 0. The van der Waals surface area contributed by atoms with E-state index in [0.29, 0.717) is 0 Å². The molecule has 1 aliphatic rings. The summed E-state index contributed by atoms with van der Waals surface area (Å²) < 4.78 is 0. The fourth-order valence-corrected chi connectivity index (χ4v) is 7.76. The second-order valence-electron chi connectivity index (χ2n) is 13.2. The Hall–Kier alpha value is -5.46. The summed E-state index contributed by atoms with van der Waals surface area (Å²) in [6.07, 6.45) is 4.00. The molecule has 0 unspecified atom stereocenters. The molecule has 0 bridgehead atoms. The van der Waals surface area contributed by atoms with Crippen LogP contribution in [0, 0.1) is 0 Å². The van der Waals surface area contributed by atoms with Gasteiger partial charge in [0.2, 0.25) is 0 Å². The molecule has 0 aliphatic heterocycles. The largest absolute Gasteiger partial charge is 0.0919 e. The van der Waals surface area contributed by atoms with E-state index in [1.807, 2.05) is 26.0 Å². The lowest BCUT2D eigenvalue weighted by atomic mass is 9.81. The van der Waals surface area contributed by atoms with Gasteiger partial charge in [0.15, 0.2) is 0 Å². The molecule has 0 atom stereocenters. The van der Waals surface area contributed by atoms with Gasteiger partial charge in [-0.1, -0.05) is 153 Å². The normalized spacial score (nSPS) is 13.2. The topological polar surface area (TPSA) is 0 Å². The van der Waals surface area contributed by atoms with E-state index in [4.69, 9.17) is 0 Å². The Balaban J connectivity index is 0.000000769. The van der Waals surface area contributed by atoms with Crippen molar-refractivity contribution in [1.82, 2.24) is 0 Å². The summed E-state index contributed by atoms with van der Waals surface area (Å²) in [6, 6.07) is 54.1. The van der Waals surface area contributed by atoms with Gasteiger partial charge >= 0.3 is 0 Å². The second kappa shape index (κ2) is 11.4. The molecular formula is C47H38. The number of hydrogen-bond acceptors (Lipinski definition) is 0. The predicted octanol–water partition coefficient (Wildman–Crippen LogP) is 13.5. The molecule has 8 aromatic rings. The standard InChI is InChI=1S/C43H30.C4H8/c1-43(2)39-23-22-30(25-37(39)38-24-29-21-20-27-12-6-7-15-31(27)36(29)26-40(38)43)42-34-18-10-8-16-32(34)41(28-13-4-3-5-14-28)33-17-9-11-19-35(33)42;1-3-4-2/h3-26H,1-2H3;3-4H,1-2H3/b;4-3-. The molecule has 0 heteroatoms. The van der Waals surface area contributed by atoms with Crippen molar-refractivity contribution in [3.63, 3.8) is 0 Å². The fourth-order valence-electron chi connectivity index (χ4n) is 7.76. The van der Waals surface area contributed by atoms with Crippen molar-refractivity contribution in [2.24, 2.45) is 0 Å². The summed E-state index contributed by atoms with van der Waals surface area (Å²) in [5, 5.41) is 10.4. The fraction of sp³-hybridized carbons (Fsp3) is 0.106. The zero-order chi connectivity index (χ0) is 32.1. The third-order valence-corrected chi connectivity index (χ3v) is 10.2. The van der Waals surface area contributed by atoms with Crippen LogP contribution in [-0.4, -0.2) is 0 Å². The first-order chi connectivity index (χ1) is 23.0. The van der Waals surface area contributed by atoms with Gasteiger partial charge in [0.1, 0.15) is 0 Å². The Bertz CT molecular complexity index is 2430. The van der Waals surface area contributed by atoms with Gasteiger partial charge in [0.05, 0.1) is 0 Å². The molecule has 8 aromatic carbocycles. The zero-order valence-electron chi connectivity index (χ0n) is 27.5. The van der Waals surface area contributed by atoms with Crippen molar-refractivity contribution >= 4 is 43.1 Å². The van der Waals surface area contributed by atoms with Crippen molar-refractivity contribution in [2.45, 2.75) is 33.1 Å². The van der Waals surface area contributed by atoms with E-state index in [-0.39, 0.29) is 5.41 Å². The molecule has 9 rings (SSSR count). The van der Waals surface area contributed by atoms with Crippen LogP contribution in [0.3, 0.4) is 0 Å². The van der Waals surface area contributed by atoms with Crippen LogP contribution < -0.4 is 0 Å². The minimum absolute atomic E-state index is 0.0738. The minimum atomic E-state index is -0.0738. The molecule has 47 heavy (non-hydrogen) atoms. The van der Waals surface area contributed by atoms with Crippen molar-refractivity contribution < 1.29 is 0 Å². The SMILES string of the molecule is C/C=C\C.CC1(C)c2ccc(-c3c4ccccc4c(-c4ccccc4)c4ccccc34)cc2-c2cc3ccc4ccccc4c3cc21. The van der Waals surface area contributed by atoms with Crippen LogP contribution in [0.2, 0.25) is 0 Å². The summed E-state index contributed by atoms with van der Waals surface area (Å²) in [5.41, 5.74) is 10.6. The summed E-state index contributed by atoms with van der Waals surface area (Å²) in [4.78, 5) is 0. The highest BCUT2D eigenvalue weighted by Crippen LogP contribution is 2.52. The summed E-state index contributed by atoms with van der Waals surface area (Å²) in [6.45, 7) is 8.77. The second-order valence-corrected chi connectivity index (χ2v) is 13.2. The van der Waals surface area contributed by atoms with Crippen LogP contribution in [-0.2, 0) is 5.41 Å². The lowest BCUT2D eigenvalue weighted by molar-refractivity contribution is 0.661. The number of rotatable bonds is 2.